The number of rotatable bonds is 6. The fourth-order valence-electron chi connectivity index (χ4n) is 12.4. The van der Waals surface area contributed by atoms with Crippen molar-refractivity contribution in [1.82, 2.24) is 19.9 Å². The number of fused-ring (bicyclic) bond motifs is 12. The molecule has 4 heteroatoms. The van der Waals surface area contributed by atoms with Gasteiger partial charge in [0.05, 0.1) is 22.4 Å². The van der Waals surface area contributed by atoms with Gasteiger partial charge in [0.15, 0.2) is 11.6 Å². The summed E-state index contributed by atoms with van der Waals surface area (Å²) >= 11 is 0. The van der Waals surface area contributed by atoms with Crippen molar-refractivity contribution in [1.29, 1.82) is 0 Å². The van der Waals surface area contributed by atoms with Gasteiger partial charge in [-0.05, 0) is 136 Å². The van der Waals surface area contributed by atoms with E-state index >= 15 is 0 Å². The molecule has 0 fully saturated rings. The van der Waals surface area contributed by atoms with Gasteiger partial charge in [-0.15, -0.1) is 0 Å². The van der Waals surface area contributed by atoms with Crippen LogP contribution in [0.2, 0.25) is 0 Å². The predicted molar refractivity (Wildman–Crippen MR) is 339 cm³/mol. The fraction of sp³-hybridized carbons (Fsp3) is 0.0390. The molecule has 0 unspecified atom stereocenters. The van der Waals surface area contributed by atoms with Crippen LogP contribution in [0.25, 0.3) is 144 Å². The minimum atomic E-state index is -0.0789. The molecular formula is C77H52N4. The Hall–Kier alpha value is -10.4. The number of hydrogen-bond donors (Lipinski definition) is 0. The summed E-state index contributed by atoms with van der Waals surface area (Å²) in [5.41, 5.74) is 18.1. The van der Waals surface area contributed by atoms with Gasteiger partial charge in [-0.1, -0.05) is 244 Å². The van der Waals surface area contributed by atoms with Crippen LogP contribution < -0.4 is 0 Å². The van der Waals surface area contributed by atoms with Crippen LogP contribution in [0.15, 0.2) is 279 Å². The Morgan fingerprint density at radius 3 is 1.09 bits per heavy atom. The maximum Gasteiger partial charge on any atom is 0.160 e. The van der Waals surface area contributed by atoms with Crippen molar-refractivity contribution in [2.45, 2.75) is 19.3 Å². The Labute approximate surface area is 470 Å². The lowest BCUT2D eigenvalue weighted by Crippen LogP contribution is -2.15. The lowest BCUT2D eigenvalue weighted by atomic mass is 9.81. The summed E-state index contributed by atoms with van der Waals surface area (Å²) in [6, 6.07) is 99.1. The van der Waals surface area contributed by atoms with Crippen molar-refractivity contribution < 1.29 is 0 Å². The van der Waals surface area contributed by atoms with Gasteiger partial charge in [-0.25, -0.2) is 19.9 Å². The zero-order chi connectivity index (χ0) is 54.0. The Kier molecular flexibility index (Phi) is 11.5. The first-order chi connectivity index (χ1) is 39.9. The van der Waals surface area contributed by atoms with Crippen LogP contribution in [0, 0.1) is 0 Å². The molecule has 0 aliphatic heterocycles. The largest absolute Gasteiger partial charge is 0.228 e. The quantitative estimate of drug-likeness (QED) is 0.156. The van der Waals surface area contributed by atoms with Crippen molar-refractivity contribution in [3.63, 3.8) is 0 Å². The minimum absolute atomic E-state index is 0.0789. The minimum Gasteiger partial charge on any atom is -0.228 e. The van der Waals surface area contributed by atoms with Crippen LogP contribution in [0.1, 0.15) is 25.0 Å². The third kappa shape index (κ3) is 8.39. The van der Waals surface area contributed by atoms with Crippen molar-refractivity contribution in [3.05, 3.63) is 290 Å². The molecule has 0 saturated heterocycles. The molecule has 0 spiro atoms. The molecule has 13 aromatic carbocycles. The molecule has 0 bridgehead atoms. The molecule has 81 heavy (non-hydrogen) atoms. The second-order valence-electron chi connectivity index (χ2n) is 21.7. The van der Waals surface area contributed by atoms with E-state index in [1.54, 1.807) is 0 Å². The smallest absolute Gasteiger partial charge is 0.160 e. The van der Waals surface area contributed by atoms with Crippen molar-refractivity contribution in [2.24, 2.45) is 0 Å². The van der Waals surface area contributed by atoms with Crippen LogP contribution >= 0.6 is 0 Å². The molecule has 1 aliphatic carbocycles. The maximum atomic E-state index is 5.10. The fourth-order valence-corrected chi connectivity index (χ4v) is 12.4. The highest BCUT2D eigenvalue weighted by Gasteiger charge is 2.36. The Morgan fingerprint density at radius 1 is 0.235 bits per heavy atom. The summed E-state index contributed by atoms with van der Waals surface area (Å²) in [6.07, 6.45) is 0. The topological polar surface area (TPSA) is 51.6 Å². The zero-order valence-corrected chi connectivity index (χ0v) is 44.8. The van der Waals surface area contributed by atoms with E-state index in [0.29, 0.717) is 0 Å². The van der Waals surface area contributed by atoms with Crippen molar-refractivity contribution in [2.75, 3.05) is 0 Å². The summed E-state index contributed by atoms with van der Waals surface area (Å²) < 4.78 is 0. The molecular weight excluding hydrogens is 981 g/mol. The van der Waals surface area contributed by atoms with Gasteiger partial charge >= 0.3 is 0 Å². The highest BCUT2D eigenvalue weighted by atomic mass is 14.9. The van der Waals surface area contributed by atoms with Crippen molar-refractivity contribution >= 4 is 64.9 Å². The molecule has 15 aromatic rings. The van der Waals surface area contributed by atoms with Gasteiger partial charge < -0.3 is 0 Å². The monoisotopic (exact) mass is 1030 g/mol. The van der Waals surface area contributed by atoms with Crippen LogP contribution in [0.3, 0.4) is 0 Å². The van der Waals surface area contributed by atoms with E-state index in [4.69, 9.17) is 19.9 Å². The van der Waals surface area contributed by atoms with E-state index in [9.17, 15) is 0 Å². The third-order valence-corrected chi connectivity index (χ3v) is 16.5. The van der Waals surface area contributed by atoms with Gasteiger partial charge in [0.1, 0.15) is 0 Å². The summed E-state index contributed by atoms with van der Waals surface area (Å²) in [6.45, 7) is 4.70. The average Bonchev–Trinajstić information content (AvgIpc) is 3.85. The lowest BCUT2D eigenvalue weighted by Gasteiger charge is -2.22. The Bertz CT molecular complexity index is 4900. The van der Waals surface area contributed by atoms with Crippen LogP contribution in [-0.4, -0.2) is 19.9 Å². The molecule has 2 heterocycles. The number of hydrogen-bond acceptors (Lipinski definition) is 4. The first-order valence-corrected chi connectivity index (χ1v) is 27.8. The SMILES string of the molecule is CC1(C)c2cc(-c3ccc4nc(-c5ccccc5)nc(-c5ccccc5)c4c3)ccc2-c2cc3ccccc3cc21.c1ccc(-c2nc(-c3ccccc3)c3cc(-c4ccc5c6ccccc6c6ccccc6c5c4)ccc3n2)cc1. The summed E-state index contributed by atoms with van der Waals surface area (Å²) in [4.78, 5) is 20.2. The van der Waals surface area contributed by atoms with E-state index in [1.165, 1.54) is 82.0 Å². The number of benzene rings is 13. The molecule has 2 aromatic heterocycles. The summed E-state index contributed by atoms with van der Waals surface area (Å²) in [5.74, 6) is 1.48. The van der Waals surface area contributed by atoms with Gasteiger partial charge in [0, 0.05) is 38.4 Å². The first-order valence-electron chi connectivity index (χ1n) is 27.8. The number of aromatic nitrogens is 4. The molecule has 16 rings (SSSR count). The molecule has 380 valence electrons. The van der Waals surface area contributed by atoms with Gasteiger partial charge in [-0.2, -0.15) is 0 Å². The van der Waals surface area contributed by atoms with E-state index in [0.717, 1.165) is 72.7 Å². The lowest BCUT2D eigenvalue weighted by molar-refractivity contribution is 0.661. The van der Waals surface area contributed by atoms with E-state index < -0.39 is 0 Å². The second kappa shape index (κ2) is 19.5. The third-order valence-electron chi connectivity index (χ3n) is 16.5. The normalized spacial score (nSPS) is 12.4. The first kappa shape index (κ1) is 47.8. The van der Waals surface area contributed by atoms with Gasteiger partial charge in [0.2, 0.25) is 0 Å². The predicted octanol–water partition coefficient (Wildman–Crippen LogP) is 20.2. The highest BCUT2D eigenvalue weighted by molar-refractivity contribution is 6.25. The molecule has 0 N–H and O–H groups in total. The maximum absolute atomic E-state index is 5.10. The highest BCUT2D eigenvalue weighted by Crippen LogP contribution is 2.51. The van der Waals surface area contributed by atoms with E-state index in [-0.39, 0.29) is 5.41 Å². The summed E-state index contributed by atoms with van der Waals surface area (Å²) in [7, 11) is 0. The van der Waals surface area contributed by atoms with Crippen LogP contribution in [0.5, 0.6) is 0 Å². The standard InChI is InChI=1S/C39H28N2.C38H24N2/c1-39(2)34-24-30(17-19-31(34)32-21-27-15-9-10-16-28(27)23-35(32)39)29-18-20-36-33(22-29)37(25-11-5-3-6-12-25)41-38(40-36)26-13-7-4-8-14-26;1-3-11-25(12-4-1)37-35-24-28(20-22-36(35)39-38(40-37)26-13-5-2-6-14-26)27-19-21-33-31-17-8-7-15-29(31)30-16-9-10-18-32(30)34(33)23-27/h3-24H,1-2H3;1-24H. The Balaban J connectivity index is 0.000000139. The molecule has 4 nitrogen and oxygen atoms in total. The van der Waals surface area contributed by atoms with Crippen LogP contribution in [0.4, 0.5) is 0 Å². The average molecular weight is 1030 g/mol. The van der Waals surface area contributed by atoms with Crippen molar-refractivity contribution in [3.8, 4) is 78.7 Å². The molecule has 0 saturated carbocycles. The molecule has 0 atom stereocenters. The van der Waals surface area contributed by atoms with Gasteiger partial charge in [-0.3, -0.25) is 0 Å². The number of nitrogens with zero attached hydrogens (tertiary/aromatic N) is 4. The molecule has 0 amide bonds. The van der Waals surface area contributed by atoms with E-state index in [2.05, 4.69) is 244 Å². The zero-order valence-electron chi connectivity index (χ0n) is 44.8. The molecule has 1 aliphatic rings. The van der Waals surface area contributed by atoms with Gasteiger partial charge in [0.25, 0.3) is 0 Å². The molecule has 0 radical (unpaired) electrons. The Morgan fingerprint density at radius 2 is 0.593 bits per heavy atom. The summed E-state index contributed by atoms with van der Waals surface area (Å²) in [5, 5.41) is 12.4. The van der Waals surface area contributed by atoms with E-state index in [1.807, 2.05) is 48.5 Å². The second-order valence-corrected chi connectivity index (χ2v) is 21.7. The van der Waals surface area contributed by atoms with Crippen LogP contribution in [-0.2, 0) is 5.41 Å².